The zero-order valence-corrected chi connectivity index (χ0v) is 11.5. The van der Waals surface area contributed by atoms with Crippen LogP contribution in [0.5, 0.6) is 0 Å². The third-order valence-electron chi connectivity index (χ3n) is 4.02. The van der Waals surface area contributed by atoms with Gasteiger partial charge in [-0.15, -0.1) is 0 Å². The van der Waals surface area contributed by atoms with E-state index in [9.17, 15) is 9.90 Å². The highest BCUT2D eigenvalue weighted by Crippen LogP contribution is 2.39. The van der Waals surface area contributed by atoms with Crippen LogP contribution in [0.3, 0.4) is 0 Å². The lowest BCUT2D eigenvalue weighted by Crippen LogP contribution is -2.35. The van der Waals surface area contributed by atoms with Crippen molar-refractivity contribution in [3.05, 3.63) is 11.7 Å². The molecule has 1 heterocycles. The highest BCUT2D eigenvalue weighted by Gasteiger charge is 2.41. The number of hydrogen-bond donors (Lipinski definition) is 1. The lowest BCUT2D eigenvalue weighted by Gasteiger charge is -2.31. The molecule has 5 heteroatoms. The largest absolute Gasteiger partial charge is 0.481 e. The van der Waals surface area contributed by atoms with Crippen LogP contribution >= 0.6 is 0 Å². The molecule has 0 amide bonds. The van der Waals surface area contributed by atoms with Crippen molar-refractivity contribution in [2.45, 2.75) is 64.7 Å². The Morgan fingerprint density at radius 1 is 1.37 bits per heavy atom. The SMILES string of the molecule is CCCCc1noc(CC2(C(=O)O)CCCCC2)n1. The molecule has 0 spiro atoms. The number of aromatic nitrogens is 2. The standard InChI is InChI=1S/C14H22N2O3/c1-2-3-7-11-15-12(19-16-11)10-14(13(17)18)8-5-4-6-9-14/h2-10H2,1H3,(H,17,18). The number of carbonyl (C=O) groups is 1. The molecule has 106 valence electrons. The number of carboxylic acid groups (broad SMARTS) is 1. The number of aliphatic carboxylic acids is 1. The highest BCUT2D eigenvalue weighted by atomic mass is 16.5. The lowest BCUT2D eigenvalue weighted by atomic mass is 9.72. The second kappa shape index (κ2) is 6.17. The predicted octanol–water partition coefficient (Wildman–Crippen LogP) is 2.99. The maximum Gasteiger partial charge on any atom is 0.310 e. The third-order valence-corrected chi connectivity index (χ3v) is 4.02. The van der Waals surface area contributed by atoms with E-state index in [0.717, 1.165) is 51.4 Å². The first-order valence-corrected chi connectivity index (χ1v) is 7.21. The van der Waals surface area contributed by atoms with Gasteiger partial charge in [0.1, 0.15) is 0 Å². The Balaban J connectivity index is 2.04. The summed E-state index contributed by atoms with van der Waals surface area (Å²) in [7, 11) is 0. The maximum absolute atomic E-state index is 11.6. The Bertz CT molecular complexity index is 422. The fourth-order valence-corrected chi connectivity index (χ4v) is 2.78. The summed E-state index contributed by atoms with van der Waals surface area (Å²) >= 11 is 0. The topological polar surface area (TPSA) is 76.2 Å². The Kier molecular flexibility index (Phi) is 4.56. The van der Waals surface area contributed by atoms with Gasteiger partial charge in [0.05, 0.1) is 5.41 Å². The van der Waals surface area contributed by atoms with Crippen LogP contribution in [0, 0.1) is 5.41 Å². The average Bonchev–Trinajstić information content (AvgIpc) is 2.84. The molecule has 0 radical (unpaired) electrons. The van der Waals surface area contributed by atoms with Crippen LogP contribution in [0.25, 0.3) is 0 Å². The summed E-state index contributed by atoms with van der Waals surface area (Å²) in [4.78, 5) is 15.9. The Morgan fingerprint density at radius 3 is 2.74 bits per heavy atom. The molecule has 0 bridgehead atoms. The van der Waals surface area contributed by atoms with E-state index < -0.39 is 11.4 Å². The number of nitrogens with zero attached hydrogens (tertiary/aromatic N) is 2. The number of aryl methyl sites for hydroxylation is 1. The Morgan fingerprint density at radius 2 is 2.11 bits per heavy atom. The van der Waals surface area contributed by atoms with E-state index in [0.29, 0.717) is 18.1 Å². The summed E-state index contributed by atoms with van der Waals surface area (Å²) in [5.41, 5.74) is -0.688. The average molecular weight is 266 g/mol. The van der Waals surface area contributed by atoms with Crippen LogP contribution in [-0.4, -0.2) is 21.2 Å². The zero-order chi connectivity index (χ0) is 13.7. The summed E-state index contributed by atoms with van der Waals surface area (Å²) < 4.78 is 5.22. The number of unbranched alkanes of at least 4 members (excludes halogenated alkanes) is 1. The van der Waals surface area contributed by atoms with Crippen molar-refractivity contribution in [3.63, 3.8) is 0 Å². The van der Waals surface area contributed by atoms with Crippen LogP contribution < -0.4 is 0 Å². The zero-order valence-electron chi connectivity index (χ0n) is 11.5. The molecule has 1 fully saturated rings. The minimum atomic E-state index is -0.722. The summed E-state index contributed by atoms with van der Waals surface area (Å²) in [6, 6.07) is 0. The van der Waals surface area contributed by atoms with Crippen LogP contribution in [0.1, 0.15) is 63.6 Å². The van der Waals surface area contributed by atoms with E-state index in [-0.39, 0.29) is 0 Å². The number of hydrogen-bond acceptors (Lipinski definition) is 4. The van der Waals surface area contributed by atoms with Gasteiger partial charge in [0, 0.05) is 12.8 Å². The lowest BCUT2D eigenvalue weighted by molar-refractivity contribution is -0.151. The molecule has 0 atom stereocenters. The normalized spacial score (nSPS) is 18.4. The molecule has 0 saturated heterocycles. The Hall–Kier alpha value is -1.39. The summed E-state index contributed by atoms with van der Waals surface area (Å²) in [5, 5.41) is 13.4. The first-order chi connectivity index (χ1) is 9.16. The van der Waals surface area contributed by atoms with E-state index in [1.54, 1.807) is 0 Å². The second-order valence-electron chi connectivity index (χ2n) is 5.53. The Labute approximate surface area is 113 Å². The summed E-state index contributed by atoms with van der Waals surface area (Å²) in [6.07, 6.45) is 7.81. The van der Waals surface area contributed by atoms with Crippen LogP contribution in [0.4, 0.5) is 0 Å². The van der Waals surface area contributed by atoms with Crippen molar-refractivity contribution < 1.29 is 14.4 Å². The monoisotopic (exact) mass is 266 g/mol. The molecule has 0 unspecified atom stereocenters. The molecule has 1 aromatic rings. The first kappa shape index (κ1) is 14.0. The van der Waals surface area contributed by atoms with E-state index in [1.165, 1.54) is 0 Å². The molecule has 0 aromatic carbocycles. The van der Waals surface area contributed by atoms with E-state index >= 15 is 0 Å². The number of carboxylic acids is 1. The van der Waals surface area contributed by atoms with Crippen molar-refractivity contribution in [1.82, 2.24) is 10.1 Å². The summed E-state index contributed by atoms with van der Waals surface area (Å²) in [5.74, 6) is 0.462. The number of rotatable bonds is 6. The molecular weight excluding hydrogens is 244 g/mol. The van der Waals surface area contributed by atoms with E-state index in [1.807, 2.05) is 0 Å². The van der Waals surface area contributed by atoms with Crippen LogP contribution in [0.15, 0.2) is 4.52 Å². The molecular formula is C14H22N2O3. The maximum atomic E-state index is 11.6. The van der Waals surface area contributed by atoms with Gasteiger partial charge in [-0.3, -0.25) is 4.79 Å². The fourth-order valence-electron chi connectivity index (χ4n) is 2.78. The smallest absolute Gasteiger partial charge is 0.310 e. The van der Waals surface area contributed by atoms with Crippen molar-refractivity contribution in [2.75, 3.05) is 0 Å². The van der Waals surface area contributed by atoms with Gasteiger partial charge in [-0.2, -0.15) is 4.98 Å². The molecule has 1 aliphatic carbocycles. The minimum absolute atomic E-state index is 0.376. The van der Waals surface area contributed by atoms with E-state index in [2.05, 4.69) is 17.1 Å². The van der Waals surface area contributed by atoms with Gasteiger partial charge in [0.15, 0.2) is 5.82 Å². The van der Waals surface area contributed by atoms with Crippen molar-refractivity contribution in [1.29, 1.82) is 0 Å². The van der Waals surface area contributed by atoms with Crippen LogP contribution in [-0.2, 0) is 17.6 Å². The predicted molar refractivity (Wildman–Crippen MR) is 69.8 cm³/mol. The van der Waals surface area contributed by atoms with Crippen LogP contribution in [0.2, 0.25) is 0 Å². The quantitative estimate of drug-likeness (QED) is 0.856. The molecule has 0 aliphatic heterocycles. The van der Waals surface area contributed by atoms with Gasteiger partial charge < -0.3 is 9.63 Å². The van der Waals surface area contributed by atoms with Gasteiger partial charge >= 0.3 is 5.97 Å². The molecule has 1 N–H and O–H groups in total. The van der Waals surface area contributed by atoms with Gasteiger partial charge in [0.25, 0.3) is 0 Å². The molecule has 1 aliphatic rings. The van der Waals surface area contributed by atoms with Crippen molar-refractivity contribution in [2.24, 2.45) is 5.41 Å². The molecule has 19 heavy (non-hydrogen) atoms. The molecule has 1 saturated carbocycles. The fraction of sp³-hybridized carbons (Fsp3) is 0.786. The van der Waals surface area contributed by atoms with Gasteiger partial charge in [0.2, 0.25) is 5.89 Å². The second-order valence-corrected chi connectivity index (χ2v) is 5.53. The van der Waals surface area contributed by atoms with Gasteiger partial charge in [-0.25, -0.2) is 0 Å². The minimum Gasteiger partial charge on any atom is -0.481 e. The third kappa shape index (κ3) is 3.33. The van der Waals surface area contributed by atoms with Gasteiger partial charge in [-0.1, -0.05) is 37.8 Å². The highest BCUT2D eigenvalue weighted by molar-refractivity contribution is 5.75. The van der Waals surface area contributed by atoms with Crippen molar-refractivity contribution in [3.8, 4) is 0 Å². The molecule has 2 rings (SSSR count). The van der Waals surface area contributed by atoms with Crippen molar-refractivity contribution >= 4 is 5.97 Å². The molecule has 1 aromatic heterocycles. The summed E-state index contributed by atoms with van der Waals surface area (Å²) in [6.45, 7) is 2.11. The molecule has 5 nitrogen and oxygen atoms in total. The van der Waals surface area contributed by atoms with E-state index in [4.69, 9.17) is 4.52 Å². The van der Waals surface area contributed by atoms with Gasteiger partial charge in [-0.05, 0) is 19.3 Å². The first-order valence-electron chi connectivity index (χ1n) is 7.21.